The van der Waals surface area contributed by atoms with Crippen LogP contribution in [0.1, 0.15) is 12.0 Å². The van der Waals surface area contributed by atoms with E-state index in [-0.39, 0.29) is 23.8 Å². The fraction of sp³-hybridized carbons (Fsp3) is 0.417. The zero-order valence-corrected chi connectivity index (χ0v) is 14.0. The Kier molecular flexibility index (Phi) is 5.55. The molecule has 0 aliphatic carbocycles. The molecule has 0 radical (unpaired) electrons. The topological polar surface area (TPSA) is 92.5 Å². The largest absolute Gasteiger partial charge is 0.398 e. The van der Waals surface area contributed by atoms with Crippen LogP contribution in [-0.2, 0) is 14.8 Å². The number of hydrogen-bond donors (Lipinski definition) is 2. The minimum Gasteiger partial charge on any atom is -0.398 e. The van der Waals surface area contributed by atoms with Gasteiger partial charge in [-0.25, -0.2) is 13.1 Å². The number of nitrogens with zero attached hydrogens (tertiary/aromatic N) is 1. The van der Waals surface area contributed by atoms with Gasteiger partial charge >= 0.3 is 0 Å². The number of halogens is 1. The third-order valence-corrected chi connectivity index (χ3v) is 4.83. The minimum absolute atomic E-state index is 0.0468. The molecule has 8 heteroatoms. The molecule has 3 N–H and O–H groups in total. The highest BCUT2D eigenvalue weighted by Gasteiger charge is 2.19. The standard InChI is InChI=1S/C12H18BrN3O3S/c1-8-10(14)6-9(13)7-11(8)20(18,19)15-5-4-12(17)16(2)3/h6-7,15H,4-5,14H2,1-3H3. The van der Waals surface area contributed by atoms with Crippen LogP contribution in [0.4, 0.5) is 5.69 Å². The van der Waals surface area contributed by atoms with Gasteiger partial charge in [-0.05, 0) is 24.6 Å². The second-order valence-electron chi connectivity index (χ2n) is 4.55. The second-order valence-corrected chi connectivity index (χ2v) is 7.21. The monoisotopic (exact) mass is 363 g/mol. The van der Waals surface area contributed by atoms with Crippen LogP contribution in [0.3, 0.4) is 0 Å². The van der Waals surface area contributed by atoms with Gasteiger partial charge in [-0.1, -0.05) is 15.9 Å². The molecule has 0 aromatic heterocycles. The van der Waals surface area contributed by atoms with Crippen LogP contribution < -0.4 is 10.5 Å². The van der Waals surface area contributed by atoms with Crippen molar-refractivity contribution < 1.29 is 13.2 Å². The normalized spacial score (nSPS) is 11.4. The summed E-state index contributed by atoms with van der Waals surface area (Å²) in [6, 6.07) is 3.13. The van der Waals surface area contributed by atoms with Crippen LogP contribution in [0.15, 0.2) is 21.5 Å². The molecule has 1 aromatic rings. The van der Waals surface area contributed by atoms with Gasteiger partial charge < -0.3 is 10.6 Å². The third-order valence-electron chi connectivity index (χ3n) is 2.78. The molecule has 0 aliphatic heterocycles. The van der Waals surface area contributed by atoms with Gasteiger partial charge in [-0.15, -0.1) is 0 Å². The Labute approximate surface area is 127 Å². The van der Waals surface area contributed by atoms with Crippen molar-refractivity contribution in [2.75, 3.05) is 26.4 Å². The Bertz CT molecular complexity index is 615. The molecule has 0 saturated heterocycles. The molecule has 112 valence electrons. The van der Waals surface area contributed by atoms with Gasteiger partial charge in [0.25, 0.3) is 0 Å². The van der Waals surface area contributed by atoms with Gasteiger partial charge in [0, 0.05) is 37.2 Å². The summed E-state index contributed by atoms with van der Waals surface area (Å²) >= 11 is 3.22. The molecule has 20 heavy (non-hydrogen) atoms. The number of rotatable bonds is 5. The van der Waals surface area contributed by atoms with Crippen LogP contribution >= 0.6 is 15.9 Å². The molecular weight excluding hydrogens is 346 g/mol. The van der Waals surface area contributed by atoms with Gasteiger partial charge in [0.05, 0.1) is 4.90 Å². The zero-order valence-electron chi connectivity index (χ0n) is 11.6. The number of amides is 1. The Morgan fingerprint density at radius 3 is 2.55 bits per heavy atom. The van der Waals surface area contributed by atoms with E-state index in [1.165, 1.54) is 11.0 Å². The van der Waals surface area contributed by atoms with Crippen LogP contribution in [-0.4, -0.2) is 39.9 Å². The summed E-state index contributed by atoms with van der Waals surface area (Å²) in [4.78, 5) is 12.9. The molecule has 0 spiro atoms. The summed E-state index contributed by atoms with van der Waals surface area (Å²) in [5.74, 6) is -0.141. The van der Waals surface area contributed by atoms with Crippen molar-refractivity contribution in [3.05, 3.63) is 22.2 Å². The first-order valence-corrected chi connectivity index (χ1v) is 8.18. The maximum Gasteiger partial charge on any atom is 0.240 e. The molecule has 0 heterocycles. The Hall–Kier alpha value is -1.12. The Morgan fingerprint density at radius 1 is 1.40 bits per heavy atom. The van der Waals surface area contributed by atoms with Gasteiger partial charge in [-0.3, -0.25) is 4.79 Å². The van der Waals surface area contributed by atoms with E-state index in [2.05, 4.69) is 20.7 Å². The number of anilines is 1. The highest BCUT2D eigenvalue weighted by Crippen LogP contribution is 2.26. The van der Waals surface area contributed by atoms with Gasteiger partial charge in [0.2, 0.25) is 15.9 Å². The first-order chi connectivity index (χ1) is 9.15. The van der Waals surface area contributed by atoms with Crippen molar-refractivity contribution in [2.24, 2.45) is 0 Å². The fourth-order valence-corrected chi connectivity index (χ4v) is 3.50. The number of benzene rings is 1. The highest BCUT2D eigenvalue weighted by atomic mass is 79.9. The lowest BCUT2D eigenvalue weighted by molar-refractivity contribution is -0.128. The number of carbonyl (C=O) groups is 1. The third kappa shape index (κ3) is 4.19. The van der Waals surface area contributed by atoms with E-state index in [9.17, 15) is 13.2 Å². The lowest BCUT2D eigenvalue weighted by atomic mass is 10.2. The van der Waals surface area contributed by atoms with Crippen molar-refractivity contribution >= 4 is 37.5 Å². The maximum atomic E-state index is 12.2. The van der Waals surface area contributed by atoms with Crippen LogP contribution in [0.5, 0.6) is 0 Å². The quantitative estimate of drug-likeness (QED) is 0.766. The van der Waals surface area contributed by atoms with Crippen LogP contribution in [0.25, 0.3) is 0 Å². The molecule has 0 bridgehead atoms. The number of nitrogens with one attached hydrogen (secondary N) is 1. The number of carbonyl (C=O) groups excluding carboxylic acids is 1. The predicted molar refractivity (Wildman–Crippen MR) is 81.8 cm³/mol. The molecular formula is C12H18BrN3O3S. The van der Waals surface area contributed by atoms with Crippen molar-refractivity contribution in [1.82, 2.24) is 9.62 Å². The molecule has 0 fully saturated rings. The van der Waals surface area contributed by atoms with Crippen LogP contribution in [0, 0.1) is 6.92 Å². The number of nitrogens with two attached hydrogens (primary N) is 1. The average molecular weight is 364 g/mol. The van der Waals surface area contributed by atoms with E-state index in [1.807, 2.05) is 0 Å². The summed E-state index contributed by atoms with van der Waals surface area (Å²) in [5.41, 5.74) is 6.63. The SMILES string of the molecule is Cc1c(N)cc(Br)cc1S(=O)(=O)NCCC(=O)N(C)C. The van der Waals surface area contributed by atoms with Crippen molar-refractivity contribution in [3.63, 3.8) is 0 Å². The van der Waals surface area contributed by atoms with Crippen molar-refractivity contribution in [3.8, 4) is 0 Å². The molecule has 0 atom stereocenters. The van der Waals surface area contributed by atoms with E-state index in [0.29, 0.717) is 15.7 Å². The molecule has 1 rings (SSSR count). The Morgan fingerprint density at radius 2 is 2.00 bits per heavy atom. The lowest BCUT2D eigenvalue weighted by Crippen LogP contribution is -2.30. The maximum absolute atomic E-state index is 12.2. The van der Waals surface area contributed by atoms with Gasteiger partial charge in [0.1, 0.15) is 0 Å². The lowest BCUT2D eigenvalue weighted by Gasteiger charge is -2.13. The minimum atomic E-state index is -3.69. The zero-order chi connectivity index (χ0) is 15.5. The highest BCUT2D eigenvalue weighted by molar-refractivity contribution is 9.10. The molecule has 1 aromatic carbocycles. The summed E-state index contributed by atoms with van der Waals surface area (Å²) in [6.07, 6.45) is 0.106. The summed E-state index contributed by atoms with van der Waals surface area (Å²) in [6.45, 7) is 1.69. The molecule has 0 unspecified atom stereocenters. The van der Waals surface area contributed by atoms with Crippen molar-refractivity contribution in [1.29, 1.82) is 0 Å². The number of sulfonamides is 1. The average Bonchev–Trinajstić information content (AvgIpc) is 2.33. The molecule has 1 amide bonds. The van der Waals surface area contributed by atoms with E-state index in [0.717, 1.165) is 0 Å². The smallest absolute Gasteiger partial charge is 0.240 e. The van der Waals surface area contributed by atoms with Crippen molar-refractivity contribution in [2.45, 2.75) is 18.2 Å². The molecule has 0 aliphatic rings. The summed E-state index contributed by atoms with van der Waals surface area (Å²) < 4.78 is 27.4. The predicted octanol–water partition coefficient (Wildman–Crippen LogP) is 1.10. The molecule has 6 nitrogen and oxygen atoms in total. The number of hydrogen-bond acceptors (Lipinski definition) is 4. The van der Waals surface area contributed by atoms with E-state index >= 15 is 0 Å². The summed E-state index contributed by atoms with van der Waals surface area (Å²) in [5, 5.41) is 0. The van der Waals surface area contributed by atoms with E-state index in [1.54, 1.807) is 27.1 Å². The van der Waals surface area contributed by atoms with E-state index in [4.69, 9.17) is 5.73 Å². The molecule has 0 saturated carbocycles. The first-order valence-electron chi connectivity index (χ1n) is 5.90. The first kappa shape index (κ1) is 16.9. The number of nitrogen functional groups attached to an aromatic ring is 1. The fourth-order valence-electron chi connectivity index (χ4n) is 1.55. The summed E-state index contributed by atoms with van der Waals surface area (Å²) in [7, 11) is -0.446. The van der Waals surface area contributed by atoms with E-state index < -0.39 is 10.0 Å². The Balaban J connectivity index is 2.88. The van der Waals surface area contributed by atoms with Gasteiger partial charge in [-0.2, -0.15) is 0 Å². The van der Waals surface area contributed by atoms with Crippen LogP contribution in [0.2, 0.25) is 0 Å². The van der Waals surface area contributed by atoms with Gasteiger partial charge in [0.15, 0.2) is 0 Å². The second kappa shape index (κ2) is 6.55.